The minimum absolute atomic E-state index is 0.0262. The van der Waals surface area contributed by atoms with E-state index in [1.165, 1.54) is 77.9 Å². The monoisotopic (exact) mass is 730 g/mol. The Morgan fingerprint density at radius 1 is 0.843 bits per heavy atom. The number of alkyl halides is 6. The van der Waals surface area contributed by atoms with Gasteiger partial charge in [-0.3, -0.25) is 9.98 Å². The van der Waals surface area contributed by atoms with Gasteiger partial charge in [-0.2, -0.15) is 26.3 Å². The SMILES string of the molecule is C=N/C=C(C(C)=Nc1cc(C(F)(F)F)cc(C(F)(F)F)c1)/C(=C\C)c1ccc(CC)cc1F.CCCC(C)CCC.CCCN(C)CCC.CN. The quantitative estimate of drug-likeness (QED) is 0.120. The van der Waals surface area contributed by atoms with E-state index in [-0.39, 0.29) is 22.9 Å². The Balaban J connectivity index is 0. The molecule has 0 radical (unpaired) electrons. The fourth-order valence-electron chi connectivity index (χ4n) is 5.16. The normalized spacial score (nSPS) is 12.4. The first kappa shape index (κ1) is 49.8. The first-order chi connectivity index (χ1) is 23.9. The number of hydrogen-bond donors (Lipinski definition) is 1. The maximum atomic E-state index is 14.7. The summed E-state index contributed by atoms with van der Waals surface area (Å²) < 4.78 is 93.7. The molecular formula is C40H61F7N4. The molecule has 0 bridgehead atoms. The first-order valence-electron chi connectivity index (χ1n) is 17.7. The highest BCUT2D eigenvalue weighted by atomic mass is 19.4. The Morgan fingerprint density at radius 3 is 1.69 bits per heavy atom. The summed E-state index contributed by atoms with van der Waals surface area (Å²) in [5, 5.41) is 0. The van der Waals surface area contributed by atoms with Crippen molar-refractivity contribution in [2.24, 2.45) is 21.6 Å². The molecule has 0 spiro atoms. The van der Waals surface area contributed by atoms with Gasteiger partial charge in [-0.05, 0) is 108 Å². The Morgan fingerprint density at radius 2 is 1.33 bits per heavy atom. The molecule has 0 aliphatic rings. The molecule has 0 aliphatic carbocycles. The Labute approximate surface area is 302 Å². The highest BCUT2D eigenvalue weighted by Crippen LogP contribution is 2.39. The number of hydrogen-bond acceptors (Lipinski definition) is 4. The standard InChI is InChI=1S/C24H21F7N2.C8H18.C7H17N.CH5N/c1-5-15-7-8-20(22(25)9-15)19(6-2)21(13-32-4)14(3)33-18-11-16(23(26,27)28)10-17(12-18)24(29,30)31;2*1-4-6-8(3)7-5-2;1-2/h6-13H,4-5H2,1-3H3;8H,4-7H2,1-3H3;4-7H2,1-3H3;2H2,1H3/b19-6-,21-13+,33-14?;;;. The third-order valence-corrected chi connectivity index (χ3v) is 7.56. The Hall–Kier alpha value is -3.31. The van der Waals surface area contributed by atoms with Gasteiger partial charge in [0.2, 0.25) is 0 Å². The van der Waals surface area contributed by atoms with Crippen molar-refractivity contribution in [3.8, 4) is 0 Å². The van der Waals surface area contributed by atoms with Crippen molar-refractivity contribution in [3.05, 3.63) is 82.3 Å². The molecule has 0 fully saturated rings. The third-order valence-electron chi connectivity index (χ3n) is 7.56. The second-order valence-corrected chi connectivity index (χ2v) is 12.0. The van der Waals surface area contributed by atoms with E-state index >= 15 is 0 Å². The molecule has 0 unspecified atom stereocenters. The largest absolute Gasteiger partial charge is 0.416 e. The Bertz CT molecular complexity index is 1300. The van der Waals surface area contributed by atoms with Gasteiger partial charge in [-0.1, -0.05) is 85.4 Å². The molecule has 4 nitrogen and oxygen atoms in total. The number of nitrogens with two attached hydrogens (primary N) is 1. The number of allylic oxidation sites excluding steroid dienone is 3. The summed E-state index contributed by atoms with van der Waals surface area (Å²) in [5.74, 6) is 0.425. The van der Waals surface area contributed by atoms with Crippen LogP contribution in [0, 0.1) is 11.7 Å². The maximum Gasteiger partial charge on any atom is 0.416 e. The fourth-order valence-corrected chi connectivity index (χ4v) is 5.16. The fraction of sp³-hybridized carbons (Fsp3) is 0.550. The molecule has 0 aliphatic heterocycles. The number of aryl methyl sites for hydroxylation is 1. The molecule has 2 N–H and O–H groups in total. The summed E-state index contributed by atoms with van der Waals surface area (Å²) in [6, 6.07) is 5.67. The first-order valence-corrected chi connectivity index (χ1v) is 17.7. The minimum atomic E-state index is -5.00. The van der Waals surface area contributed by atoms with Gasteiger partial charge in [0.25, 0.3) is 0 Å². The highest BCUT2D eigenvalue weighted by molar-refractivity contribution is 6.13. The number of benzene rings is 2. The molecular weight excluding hydrogens is 669 g/mol. The number of aliphatic imine (C=N–C) groups is 2. The average molecular weight is 731 g/mol. The van der Waals surface area contributed by atoms with Crippen LogP contribution in [0.2, 0.25) is 0 Å². The van der Waals surface area contributed by atoms with E-state index in [1.54, 1.807) is 25.1 Å². The molecule has 2 aromatic carbocycles. The molecule has 2 rings (SSSR count). The van der Waals surface area contributed by atoms with Crippen molar-refractivity contribution in [1.82, 2.24) is 4.90 Å². The van der Waals surface area contributed by atoms with Crippen LogP contribution >= 0.6 is 0 Å². The van der Waals surface area contributed by atoms with Gasteiger partial charge in [-0.25, -0.2) is 4.39 Å². The van der Waals surface area contributed by atoms with E-state index in [2.05, 4.69) is 69.0 Å². The van der Waals surface area contributed by atoms with Gasteiger partial charge in [0.15, 0.2) is 0 Å². The van der Waals surface area contributed by atoms with Gasteiger partial charge < -0.3 is 10.6 Å². The smallest absolute Gasteiger partial charge is 0.333 e. The molecule has 0 heterocycles. The number of rotatable bonds is 14. The van der Waals surface area contributed by atoms with Gasteiger partial charge >= 0.3 is 12.4 Å². The molecule has 11 heteroatoms. The lowest BCUT2D eigenvalue weighted by Gasteiger charge is -2.15. The van der Waals surface area contributed by atoms with Crippen molar-refractivity contribution in [2.75, 3.05) is 27.2 Å². The zero-order chi connectivity index (χ0) is 39.8. The van der Waals surface area contributed by atoms with E-state index in [0.29, 0.717) is 24.1 Å². The van der Waals surface area contributed by atoms with E-state index in [1.807, 2.05) is 6.92 Å². The van der Waals surface area contributed by atoms with Crippen LogP contribution in [0.15, 0.2) is 64.2 Å². The average Bonchev–Trinajstić information content (AvgIpc) is 3.06. The van der Waals surface area contributed by atoms with Crippen LogP contribution in [0.4, 0.5) is 36.4 Å². The second kappa shape index (κ2) is 26.5. The lowest BCUT2D eigenvalue weighted by Crippen LogP contribution is -2.19. The molecule has 0 amide bonds. The van der Waals surface area contributed by atoms with Crippen LogP contribution in [0.25, 0.3) is 5.57 Å². The van der Waals surface area contributed by atoms with Crippen LogP contribution in [-0.2, 0) is 18.8 Å². The van der Waals surface area contributed by atoms with Crippen molar-refractivity contribution < 1.29 is 30.7 Å². The van der Waals surface area contributed by atoms with Crippen molar-refractivity contribution in [3.63, 3.8) is 0 Å². The summed E-state index contributed by atoms with van der Waals surface area (Å²) in [5.41, 5.74) is 2.46. The van der Waals surface area contributed by atoms with Crippen molar-refractivity contribution in [2.45, 2.75) is 113 Å². The van der Waals surface area contributed by atoms with E-state index in [9.17, 15) is 30.7 Å². The van der Waals surface area contributed by atoms with Crippen molar-refractivity contribution >= 4 is 23.7 Å². The third kappa shape index (κ3) is 19.8. The molecule has 0 saturated heterocycles. The zero-order valence-corrected chi connectivity index (χ0v) is 32.3. The Kier molecular flexibility index (Phi) is 25.8. The van der Waals surface area contributed by atoms with Gasteiger partial charge in [0.1, 0.15) is 5.82 Å². The minimum Gasteiger partial charge on any atom is -0.333 e. The van der Waals surface area contributed by atoms with Crippen LogP contribution < -0.4 is 5.73 Å². The van der Waals surface area contributed by atoms with Crippen LogP contribution in [0.1, 0.15) is 116 Å². The molecule has 0 saturated carbocycles. The van der Waals surface area contributed by atoms with Gasteiger partial charge in [0, 0.05) is 23.0 Å². The molecule has 290 valence electrons. The van der Waals surface area contributed by atoms with Gasteiger partial charge in [0.05, 0.1) is 16.8 Å². The molecule has 51 heavy (non-hydrogen) atoms. The number of nitrogens with zero attached hydrogens (tertiary/aromatic N) is 3. The predicted octanol–water partition coefficient (Wildman–Crippen LogP) is 12.7. The predicted molar refractivity (Wildman–Crippen MR) is 203 cm³/mol. The topological polar surface area (TPSA) is 54.0 Å². The molecule has 0 atom stereocenters. The summed E-state index contributed by atoms with van der Waals surface area (Å²) in [4.78, 5) is 10.00. The van der Waals surface area contributed by atoms with Gasteiger partial charge in [-0.15, -0.1) is 0 Å². The number of halogens is 7. The summed E-state index contributed by atoms with van der Waals surface area (Å²) in [7, 11) is 3.67. The highest BCUT2D eigenvalue weighted by Gasteiger charge is 2.37. The molecule has 2 aromatic rings. The van der Waals surface area contributed by atoms with E-state index in [4.69, 9.17) is 0 Å². The van der Waals surface area contributed by atoms with Crippen molar-refractivity contribution in [1.29, 1.82) is 0 Å². The van der Waals surface area contributed by atoms with E-state index in [0.717, 1.165) is 11.5 Å². The lowest BCUT2D eigenvalue weighted by molar-refractivity contribution is -0.143. The maximum absolute atomic E-state index is 14.7. The lowest BCUT2D eigenvalue weighted by atomic mass is 9.93. The summed E-state index contributed by atoms with van der Waals surface area (Å²) in [6.45, 7) is 22.0. The molecule has 0 aromatic heterocycles. The summed E-state index contributed by atoms with van der Waals surface area (Å²) >= 11 is 0. The van der Waals surface area contributed by atoms with Crippen LogP contribution in [0.5, 0.6) is 0 Å². The summed E-state index contributed by atoms with van der Waals surface area (Å²) in [6.07, 6.45) is 1.44. The zero-order valence-electron chi connectivity index (χ0n) is 32.3. The van der Waals surface area contributed by atoms with E-state index < -0.39 is 35.0 Å². The second-order valence-electron chi connectivity index (χ2n) is 12.0. The van der Waals surface area contributed by atoms with Crippen LogP contribution in [0.3, 0.4) is 0 Å². The van der Waals surface area contributed by atoms with Crippen LogP contribution in [-0.4, -0.2) is 44.5 Å².